The molecule has 0 saturated heterocycles. The summed E-state index contributed by atoms with van der Waals surface area (Å²) in [6, 6.07) is 10.0. The molecule has 21 heavy (non-hydrogen) atoms. The number of aryl methyl sites for hydroxylation is 1. The van der Waals surface area contributed by atoms with Gasteiger partial charge < -0.3 is 5.32 Å². The van der Waals surface area contributed by atoms with E-state index in [1.807, 2.05) is 18.2 Å². The SMILES string of the molecule is CCc1ccc(/C=C/C(=O)Nc2cc(C(C)C)[nH]n2)cc1. The van der Waals surface area contributed by atoms with Crippen molar-refractivity contribution >= 4 is 17.8 Å². The fraction of sp³-hybridized carbons (Fsp3) is 0.294. The standard InChI is InChI=1S/C17H21N3O/c1-4-13-5-7-14(8-6-13)9-10-17(21)18-16-11-15(12(2)3)19-20-16/h5-12H,4H2,1-3H3,(H2,18,19,20,21)/b10-9+. The van der Waals surface area contributed by atoms with Gasteiger partial charge >= 0.3 is 0 Å². The Balaban J connectivity index is 1.95. The summed E-state index contributed by atoms with van der Waals surface area (Å²) in [7, 11) is 0. The van der Waals surface area contributed by atoms with Gasteiger partial charge in [0, 0.05) is 17.8 Å². The highest BCUT2D eigenvalue weighted by molar-refractivity contribution is 6.01. The van der Waals surface area contributed by atoms with Crippen molar-refractivity contribution in [3.05, 3.63) is 53.2 Å². The molecule has 2 aromatic rings. The van der Waals surface area contributed by atoms with E-state index in [1.54, 1.807) is 6.08 Å². The first-order valence-electron chi connectivity index (χ1n) is 7.21. The Bertz CT molecular complexity index is 624. The van der Waals surface area contributed by atoms with Gasteiger partial charge in [-0.3, -0.25) is 9.89 Å². The van der Waals surface area contributed by atoms with Crippen molar-refractivity contribution < 1.29 is 4.79 Å². The molecular formula is C17H21N3O. The smallest absolute Gasteiger partial charge is 0.249 e. The molecule has 0 aliphatic rings. The predicted molar refractivity (Wildman–Crippen MR) is 86.2 cm³/mol. The molecule has 4 heteroatoms. The van der Waals surface area contributed by atoms with Gasteiger partial charge in [0.2, 0.25) is 5.91 Å². The first-order valence-corrected chi connectivity index (χ1v) is 7.21. The summed E-state index contributed by atoms with van der Waals surface area (Å²) in [5.74, 6) is 0.724. The van der Waals surface area contributed by atoms with Crippen molar-refractivity contribution in [2.45, 2.75) is 33.1 Å². The predicted octanol–water partition coefficient (Wildman–Crippen LogP) is 3.75. The fourth-order valence-corrected chi connectivity index (χ4v) is 1.90. The van der Waals surface area contributed by atoms with E-state index in [4.69, 9.17) is 0 Å². The molecule has 110 valence electrons. The third-order valence-electron chi connectivity index (χ3n) is 3.29. The highest BCUT2D eigenvalue weighted by atomic mass is 16.1. The number of carbonyl (C=O) groups is 1. The minimum atomic E-state index is -0.184. The number of nitrogens with one attached hydrogen (secondary N) is 2. The Morgan fingerprint density at radius 1 is 1.33 bits per heavy atom. The topological polar surface area (TPSA) is 57.8 Å². The van der Waals surface area contributed by atoms with E-state index in [-0.39, 0.29) is 5.91 Å². The van der Waals surface area contributed by atoms with Crippen LogP contribution in [0.5, 0.6) is 0 Å². The Morgan fingerprint density at radius 3 is 2.62 bits per heavy atom. The second-order valence-electron chi connectivity index (χ2n) is 5.28. The highest BCUT2D eigenvalue weighted by Gasteiger charge is 2.06. The van der Waals surface area contributed by atoms with E-state index in [0.717, 1.165) is 17.7 Å². The van der Waals surface area contributed by atoms with Crippen LogP contribution in [0.1, 0.15) is 43.5 Å². The summed E-state index contributed by atoms with van der Waals surface area (Å²) in [6.07, 6.45) is 4.33. The number of anilines is 1. The van der Waals surface area contributed by atoms with Crippen molar-refractivity contribution in [2.75, 3.05) is 5.32 Å². The maximum atomic E-state index is 11.8. The van der Waals surface area contributed by atoms with Gasteiger partial charge in [0.05, 0.1) is 0 Å². The number of aromatic nitrogens is 2. The largest absolute Gasteiger partial charge is 0.306 e. The molecule has 2 N–H and O–H groups in total. The normalized spacial score (nSPS) is 11.2. The minimum absolute atomic E-state index is 0.184. The van der Waals surface area contributed by atoms with Gasteiger partial charge in [-0.05, 0) is 29.5 Å². The van der Waals surface area contributed by atoms with Gasteiger partial charge in [0.15, 0.2) is 5.82 Å². The van der Waals surface area contributed by atoms with Crippen LogP contribution in [-0.4, -0.2) is 16.1 Å². The van der Waals surface area contributed by atoms with Gasteiger partial charge in [-0.2, -0.15) is 5.10 Å². The average molecular weight is 283 g/mol. The van der Waals surface area contributed by atoms with E-state index < -0.39 is 0 Å². The zero-order valence-electron chi connectivity index (χ0n) is 12.7. The molecule has 0 aliphatic carbocycles. The molecule has 0 saturated carbocycles. The van der Waals surface area contributed by atoms with Crippen molar-refractivity contribution in [3.63, 3.8) is 0 Å². The van der Waals surface area contributed by atoms with Crippen LogP contribution in [0.25, 0.3) is 6.08 Å². The summed E-state index contributed by atoms with van der Waals surface area (Å²) >= 11 is 0. The number of hydrogen-bond acceptors (Lipinski definition) is 2. The zero-order valence-corrected chi connectivity index (χ0v) is 12.7. The van der Waals surface area contributed by atoms with E-state index in [9.17, 15) is 4.79 Å². The molecule has 0 unspecified atom stereocenters. The van der Waals surface area contributed by atoms with Crippen molar-refractivity contribution in [3.8, 4) is 0 Å². The van der Waals surface area contributed by atoms with Crippen LogP contribution in [0.15, 0.2) is 36.4 Å². The zero-order chi connectivity index (χ0) is 15.2. The lowest BCUT2D eigenvalue weighted by Gasteiger charge is -1.98. The van der Waals surface area contributed by atoms with Crippen LogP contribution in [-0.2, 0) is 11.2 Å². The molecular weight excluding hydrogens is 262 g/mol. The molecule has 0 spiro atoms. The number of H-pyrrole nitrogens is 1. The number of carbonyl (C=O) groups excluding carboxylic acids is 1. The first kappa shape index (κ1) is 15.0. The molecule has 1 heterocycles. The number of nitrogens with zero attached hydrogens (tertiary/aromatic N) is 1. The van der Waals surface area contributed by atoms with Crippen LogP contribution in [0, 0.1) is 0 Å². The fourth-order valence-electron chi connectivity index (χ4n) is 1.90. The Labute approximate surface area is 125 Å². The van der Waals surface area contributed by atoms with Crippen LogP contribution >= 0.6 is 0 Å². The number of amides is 1. The molecule has 4 nitrogen and oxygen atoms in total. The summed E-state index contributed by atoms with van der Waals surface area (Å²) < 4.78 is 0. The quantitative estimate of drug-likeness (QED) is 0.821. The first-order chi connectivity index (χ1) is 10.1. The number of aromatic amines is 1. The van der Waals surface area contributed by atoms with Crippen LogP contribution in [0.4, 0.5) is 5.82 Å². The summed E-state index contributed by atoms with van der Waals surface area (Å²) in [5, 5.41) is 9.71. The van der Waals surface area contributed by atoms with Crippen LogP contribution in [0.2, 0.25) is 0 Å². The maximum absolute atomic E-state index is 11.8. The number of rotatable bonds is 5. The number of benzene rings is 1. The molecule has 1 aromatic heterocycles. The lowest BCUT2D eigenvalue weighted by atomic mass is 10.1. The van der Waals surface area contributed by atoms with E-state index in [0.29, 0.717) is 11.7 Å². The highest BCUT2D eigenvalue weighted by Crippen LogP contribution is 2.14. The monoisotopic (exact) mass is 283 g/mol. The second-order valence-corrected chi connectivity index (χ2v) is 5.28. The van der Waals surface area contributed by atoms with Gasteiger partial charge in [0.1, 0.15) is 0 Å². The van der Waals surface area contributed by atoms with E-state index in [2.05, 4.69) is 48.4 Å². The second kappa shape index (κ2) is 6.88. The van der Waals surface area contributed by atoms with Crippen LogP contribution < -0.4 is 5.32 Å². The Hall–Kier alpha value is -2.36. The summed E-state index contributed by atoms with van der Waals surface area (Å²) in [4.78, 5) is 11.8. The van der Waals surface area contributed by atoms with Gasteiger partial charge in [-0.1, -0.05) is 45.0 Å². The molecule has 0 bridgehead atoms. The maximum Gasteiger partial charge on any atom is 0.249 e. The third-order valence-corrected chi connectivity index (χ3v) is 3.29. The average Bonchev–Trinajstić information content (AvgIpc) is 2.94. The molecule has 0 fully saturated rings. The van der Waals surface area contributed by atoms with Gasteiger partial charge in [-0.15, -0.1) is 0 Å². The molecule has 0 aliphatic heterocycles. The van der Waals surface area contributed by atoms with E-state index >= 15 is 0 Å². The van der Waals surface area contributed by atoms with Crippen molar-refractivity contribution in [1.29, 1.82) is 0 Å². The molecule has 0 radical (unpaired) electrons. The molecule has 0 atom stereocenters. The Morgan fingerprint density at radius 2 is 2.05 bits per heavy atom. The summed E-state index contributed by atoms with van der Waals surface area (Å²) in [5.41, 5.74) is 3.30. The summed E-state index contributed by atoms with van der Waals surface area (Å²) in [6.45, 7) is 6.26. The molecule has 1 amide bonds. The molecule has 1 aromatic carbocycles. The molecule has 2 rings (SSSR count). The van der Waals surface area contributed by atoms with Gasteiger partial charge in [-0.25, -0.2) is 0 Å². The lowest BCUT2D eigenvalue weighted by molar-refractivity contribution is -0.111. The minimum Gasteiger partial charge on any atom is -0.306 e. The van der Waals surface area contributed by atoms with Crippen LogP contribution in [0.3, 0.4) is 0 Å². The Kier molecular flexibility index (Phi) is 4.93. The number of hydrogen-bond donors (Lipinski definition) is 2. The van der Waals surface area contributed by atoms with Gasteiger partial charge in [0.25, 0.3) is 0 Å². The van der Waals surface area contributed by atoms with Crippen molar-refractivity contribution in [1.82, 2.24) is 10.2 Å². The lowest BCUT2D eigenvalue weighted by Crippen LogP contribution is -2.07. The van der Waals surface area contributed by atoms with E-state index in [1.165, 1.54) is 11.6 Å². The van der Waals surface area contributed by atoms with Crippen molar-refractivity contribution in [2.24, 2.45) is 0 Å². The third kappa shape index (κ3) is 4.31.